The molecular weight excluding hydrogens is 445 g/mol. The molecule has 1 unspecified atom stereocenters. The van der Waals surface area contributed by atoms with Crippen molar-refractivity contribution in [3.63, 3.8) is 0 Å². The fourth-order valence-corrected chi connectivity index (χ4v) is 5.41. The molecule has 9 heteroatoms. The number of anilines is 4. The minimum Gasteiger partial charge on any atom is -0.494 e. The average Bonchev–Trinajstić information content (AvgIpc) is 3.31. The Morgan fingerprint density at radius 2 is 1.77 bits per heavy atom. The third-order valence-corrected chi connectivity index (χ3v) is 7.50. The third kappa shape index (κ3) is 6.51. The van der Waals surface area contributed by atoms with Crippen molar-refractivity contribution in [1.29, 1.82) is 0 Å². The normalized spacial score (nSPS) is 19.5. The summed E-state index contributed by atoms with van der Waals surface area (Å²) in [5.74, 6) is 1.72. The first kappa shape index (κ1) is 25.4. The van der Waals surface area contributed by atoms with Crippen LogP contribution >= 0.6 is 0 Å². The molecule has 1 saturated heterocycles. The van der Waals surface area contributed by atoms with E-state index in [-0.39, 0.29) is 11.3 Å². The summed E-state index contributed by atoms with van der Waals surface area (Å²) in [4.78, 5) is 16.4. The predicted octanol–water partition coefficient (Wildman–Crippen LogP) is 5.43. The molecule has 1 aliphatic heterocycles. The molecule has 0 amide bonds. The van der Waals surface area contributed by atoms with Gasteiger partial charge in [0, 0.05) is 29.9 Å². The zero-order valence-corrected chi connectivity index (χ0v) is 21.5. The van der Waals surface area contributed by atoms with E-state index in [1.807, 2.05) is 0 Å². The number of hydrogen-bond acceptors (Lipinski definition) is 8. The van der Waals surface area contributed by atoms with Gasteiger partial charge >= 0.3 is 0 Å². The second-order valence-electron chi connectivity index (χ2n) is 10.3. The lowest BCUT2D eigenvalue weighted by atomic mass is 9.77. The van der Waals surface area contributed by atoms with E-state index >= 15 is 0 Å². The van der Waals surface area contributed by atoms with Crippen molar-refractivity contribution < 1.29 is 9.13 Å². The van der Waals surface area contributed by atoms with E-state index in [0.717, 1.165) is 19.6 Å². The maximum atomic E-state index is 14.3. The van der Waals surface area contributed by atoms with Crippen LogP contribution in [0.2, 0.25) is 0 Å². The molecule has 1 aromatic carbocycles. The molecule has 1 aliphatic carbocycles. The Morgan fingerprint density at radius 3 is 2.49 bits per heavy atom. The van der Waals surface area contributed by atoms with E-state index in [1.54, 1.807) is 12.1 Å². The molecule has 0 spiro atoms. The van der Waals surface area contributed by atoms with Gasteiger partial charge in [0.05, 0.1) is 7.11 Å². The van der Waals surface area contributed by atoms with E-state index in [2.05, 4.69) is 51.6 Å². The lowest BCUT2D eigenvalue weighted by Gasteiger charge is -2.37. The van der Waals surface area contributed by atoms with Gasteiger partial charge in [0.15, 0.2) is 11.6 Å². The molecule has 8 nitrogen and oxygen atoms in total. The van der Waals surface area contributed by atoms with Crippen LogP contribution in [0, 0.1) is 11.7 Å². The van der Waals surface area contributed by atoms with Gasteiger partial charge in [-0.2, -0.15) is 15.0 Å². The van der Waals surface area contributed by atoms with Gasteiger partial charge in [-0.05, 0) is 70.7 Å². The summed E-state index contributed by atoms with van der Waals surface area (Å²) < 4.78 is 19.3. The highest BCUT2D eigenvalue weighted by Crippen LogP contribution is 2.34. The van der Waals surface area contributed by atoms with Gasteiger partial charge in [0.2, 0.25) is 17.8 Å². The van der Waals surface area contributed by atoms with E-state index in [1.165, 1.54) is 58.1 Å². The minimum atomic E-state index is -0.442. The number of benzene rings is 1. The van der Waals surface area contributed by atoms with Crippen LogP contribution in [-0.4, -0.2) is 58.2 Å². The van der Waals surface area contributed by atoms with Gasteiger partial charge in [-0.3, -0.25) is 4.90 Å². The van der Waals surface area contributed by atoms with Gasteiger partial charge in [-0.25, -0.2) is 4.39 Å². The van der Waals surface area contributed by atoms with Crippen LogP contribution < -0.4 is 20.7 Å². The first-order valence-corrected chi connectivity index (χ1v) is 13.0. The number of aromatic nitrogens is 3. The van der Waals surface area contributed by atoms with Crippen LogP contribution in [0.25, 0.3) is 0 Å². The first-order chi connectivity index (χ1) is 16.9. The highest BCUT2D eigenvalue weighted by molar-refractivity contribution is 5.57. The molecule has 1 atom stereocenters. The number of halogens is 1. The number of hydrogen-bond donors (Lipinski definition) is 3. The number of likely N-dealkylation sites (N-methyl/N-ethyl adjacent to an activating group) is 1. The maximum Gasteiger partial charge on any atom is 0.233 e. The highest BCUT2D eigenvalue weighted by atomic mass is 19.1. The Bertz CT molecular complexity index is 980. The van der Waals surface area contributed by atoms with Crippen LogP contribution in [0.4, 0.5) is 27.9 Å². The Morgan fingerprint density at radius 1 is 1.03 bits per heavy atom. The van der Waals surface area contributed by atoms with Crippen molar-refractivity contribution in [2.45, 2.75) is 77.3 Å². The molecule has 2 aromatic rings. The molecule has 35 heavy (non-hydrogen) atoms. The van der Waals surface area contributed by atoms with Gasteiger partial charge in [0.25, 0.3) is 0 Å². The van der Waals surface area contributed by atoms with Crippen LogP contribution in [0.15, 0.2) is 18.2 Å². The average molecular weight is 486 g/mol. The van der Waals surface area contributed by atoms with Crippen molar-refractivity contribution in [3.05, 3.63) is 24.0 Å². The van der Waals surface area contributed by atoms with Gasteiger partial charge < -0.3 is 20.7 Å². The zero-order valence-electron chi connectivity index (χ0n) is 21.5. The second-order valence-corrected chi connectivity index (χ2v) is 10.3. The van der Waals surface area contributed by atoms with Crippen LogP contribution in [0.5, 0.6) is 5.75 Å². The highest BCUT2D eigenvalue weighted by Gasteiger charge is 2.31. The number of nitrogens with one attached hydrogen (secondary N) is 3. The van der Waals surface area contributed by atoms with Gasteiger partial charge in [-0.1, -0.05) is 26.2 Å². The largest absolute Gasteiger partial charge is 0.494 e. The lowest BCUT2D eigenvalue weighted by Crippen LogP contribution is -2.41. The Hall–Kier alpha value is -2.68. The summed E-state index contributed by atoms with van der Waals surface area (Å²) in [6.45, 7) is 9.61. The number of likely N-dealkylation sites (tertiary alicyclic amines) is 1. The third-order valence-electron chi connectivity index (χ3n) is 7.50. The SMILES string of the molecule is CCN1CCCC1CNc1nc(Nc2ccc(OC)c(F)c2)nc(NC(C)(C)C2CCCCC2)n1. The fourth-order valence-electron chi connectivity index (χ4n) is 5.41. The number of nitrogens with zero attached hydrogens (tertiary/aromatic N) is 4. The van der Waals surface area contributed by atoms with Crippen LogP contribution in [0.3, 0.4) is 0 Å². The monoisotopic (exact) mass is 485 g/mol. The van der Waals surface area contributed by atoms with E-state index in [9.17, 15) is 4.39 Å². The summed E-state index contributed by atoms with van der Waals surface area (Å²) in [6, 6.07) is 5.18. The Labute approximate surface area is 208 Å². The number of rotatable bonds is 10. The summed E-state index contributed by atoms with van der Waals surface area (Å²) in [5, 5.41) is 10.2. The smallest absolute Gasteiger partial charge is 0.233 e. The molecular formula is C26H40FN7O. The predicted molar refractivity (Wildman–Crippen MR) is 139 cm³/mol. The molecule has 192 valence electrons. The quantitative estimate of drug-likeness (QED) is 0.411. The van der Waals surface area contributed by atoms with Crippen molar-refractivity contribution in [2.75, 3.05) is 42.7 Å². The van der Waals surface area contributed by atoms with Crippen molar-refractivity contribution in [3.8, 4) is 5.75 Å². The second kappa shape index (κ2) is 11.4. The van der Waals surface area contributed by atoms with Gasteiger partial charge in [-0.15, -0.1) is 0 Å². The number of methoxy groups -OCH3 is 1. The summed E-state index contributed by atoms with van der Waals surface area (Å²) in [6.07, 6.45) is 8.66. The fraction of sp³-hybridized carbons (Fsp3) is 0.654. The molecule has 1 aromatic heterocycles. The molecule has 0 bridgehead atoms. The van der Waals surface area contributed by atoms with E-state index in [4.69, 9.17) is 9.72 Å². The molecule has 3 N–H and O–H groups in total. The molecule has 4 rings (SSSR count). The van der Waals surface area contributed by atoms with E-state index < -0.39 is 5.82 Å². The molecule has 2 heterocycles. The van der Waals surface area contributed by atoms with Crippen molar-refractivity contribution in [1.82, 2.24) is 19.9 Å². The molecule has 0 radical (unpaired) electrons. The van der Waals surface area contributed by atoms with Crippen molar-refractivity contribution >= 4 is 23.5 Å². The molecule has 2 aliphatic rings. The standard InChI is InChI=1S/C26H40FN7O/c1-5-34-15-9-12-20(34)17-28-23-30-24(29-19-13-14-22(35-4)21(27)16-19)32-25(31-23)33-26(2,3)18-10-7-6-8-11-18/h13-14,16,18,20H,5-12,15,17H2,1-4H3,(H3,28,29,30,31,32,33). The molecule has 2 fully saturated rings. The first-order valence-electron chi connectivity index (χ1n) is 13.0. The summed E-state index contributed by atoms with van der Waals surface area (Å²) >= 11 is 0. The summed E-state index contributed by atoms with van der Waals surface area (Å²) in [5.41, 5.74) is 0.401. The molecule has 1 saturated carbocycles. The summed E-state index contributed by atoms with van der Waals surface area (Å²) in [7, 11) is 1.45. The Kier molecular flexibility index (Phi) is 8.26. The topological polar surface area (TPSA) is 87.2 Å². The van der Waals surface area contributed by atoms with E-state index in [0.29, 0.717) is 35.5 Å². The van der Waals surface area contributed by atoms with Crippen molar-refractivity contribution in [2.24, 2.45) is 5.92 Å². The minimum absolute atomic E-state index is 0.146. The zero-order chi connectivity index (χ0) is 24.8. The van der Waals surface area contributed by atoms with Crippen LogP contribution in [-0.2, 0) is 0 Å². The lowest BCUT2D eigenvalue weighted by molar-refractivity contribution is 0.257. The number of ether oxygens (including phenoxy) is 1. The Balaban J connectivity index is 1.55. The van der Waals surface area contributed by atoms with Crippen LogP contribution in [0.1, 0.15) is 65.7 Å². The van der Waals surface area contributed by atoms with Gasteiger partial charge in [0.1, 0.15) is 0 Å². The maximum absolute atomic E-state index is 14.3.